The normalized spacial score (nSPS) is 19.6. The second kappa shape index (κ2) is 6.51. The van der Waals surface area contributed by atoms with E-state index in [9.17, 15) is 9.59 Å². The smallest absolute Gasteiger partial charge is 0.323 e. The minimum Gasteiger partial charge on any atom is -0.468 e. The second-order valence-corrected chi connectivity index (χ2v) is 4.88. The highest BCUT2D eigenvalue weighted by Crippen LogP contribution is 2.18. The number of esters is 1. The summed E-state index contributed by atoms with van der Waals surface area (Å²) in [5.41, 5.74) is 0. The van der Waals surface area contributed by atoms with Gasteiger partial charge in [0.15, 0.2) is 5.82 Å². The lowest BCUT2D eigenvalue weighted by molar-refractivity contribution is -0.148. The van der Waals surface area contributed by atoms with Crippen LogP contribution < -0.4 is 5.32 Å². The number of rotatable bonds is 4. The maximum Gasteiger partial charge on any atom is 0.323 e. The molecule has 0 aromatic carbocycles. The first-order chi connectivity index (χ1) is 9.60. The average Bonchev–Trinajstić information content (AvgIpc) is 2.83. The molecule has 1 saturated heterocycles. The predicted octanol–water partition coefficient (Wildman–Crippen LogP) is 0.949. The van der Waals surface area contributed by atoms with E-state index in [1.807, 2.05) is 4.90 Å². The minimum absolute atomic E-state index is 0.145. The monoisotopic (exact) mass is 281 g/mol. The first-order valence-electron chi connectivity index (χ1n) is 6.65. The Hall–Kier alpha value is -1.89. The van der Waals surface area contributed by atoms with Crippen LogP contribution in [0.3, 0.4) is 0 Å². The highest BCUT2D eigenvalue weighted by Gasteiger charge is 2.30. The van der Waals surface area contributed by atoms with Crippen LogP contribution in [0.25, 0.3) is 0 Å². The maximum atomic E-state index is 12.0. The third-order valence-electron chi connectivity index (χ3n) is 3.33. The lowest BCUT2D eigenvalue weighted by atomic mass is 10.0. The van der Waals surface area contributed by atoms with Crippen LogP contribution in [0.5, 0.6) is 0 Å². The fraction of sp³-hybridized carbons (Fsp3) is 0.615. The van der Waals surface area contributed by atoms with Crippen molar-refractivity contribution < 1.29 is 18.8 Å². The van der Waals surface area contributed by atoms with Crippen molar-refractivity contribution in [3.63, 3.8) is 0 Å². The zero-order valence-corrected chi connectivity index (χ0v) is 11.7. The summed E-state index contributed by atoms with van der Waals surface area (Å²) in [6.07, 6.45) is 2.67. The molecule has 0 saturated carbocycles. The van der Waals surface area contributed by atoms with Crippen molar-refractivity contribution in [2.75, 3.05) is 25.5 Å². The second-order valence-electron chi connectivity index (χ2n) is 4.88. The zero-order valence-electron chi connectivity index (χ0n) is 11.7. The molecular formula is C13H19N3O4. The molecule has 0 radical (unpaired) electrons. The lowest BCUT2D eigenvalue weighted by Gasteiger charge is -2.32. The number of aromatic nitrogens is 1. The van der Waals surface area contributed by atoms with E-state index in [4.69, 9.17) is 9.26 Å². The number of carbonyl (C=O) groups is 2. The summed E-state index contributed by atoms with van der Waals surface area (Å²) in [7, 11) is 1.37. The number of ether oxygens (including phenoxy) is 1. The number of aryl methyl sites for hydroxylation is 1. The molecule has 7 heteroatoms. The Balaban J connectivity index is 1.92. The Labute approximate surface area is 117 Å². The number of anilines is 1. The number of carbonyl (C=O) groups excluding carboxylic acids is 2. The van der Waals surface area contributed by atoms with E-state index in [1.54, 1.807) is 13.0 Å². The van der Waals surface area contributed by atoms with Crippen molar-refractivity contribution in [3.8, 4) is 0 Å². The van der Waals surface area contributed by atoms with Crippen molar-refractivity contribution in [3.05, 3.63) is 11.8 Å². The van der Waals surface area contributed by atoms with Gasteiger partial charge in [0.25, 0.3) is 0 Å². The third kappa shape index (κ3) is 3.57. The summed E-state index contributed by atoms with van der Waals surface area (Å²) in [4.78, 5) is 25.5. The summed E-state index contributed by atoms with van der Waals surface area (Å²) < 4.78 is 9.66. The Morgan fingerprint density at radius 1 is 1.55 bits per heavy atom. The number of hydrogen-bond donors (Lipinski definition) is 1. The molecule has 20 heavy (non-hydrogen) atoms. The van der Waals surface area contributed by atoms with E-state index in [-0.39, 0.29) is 24.5 Å². The number of methoxy groups -OCH3 is 1. The standard InChI is InChI=1S/C13H19N3O4/c1-9-7-11(15-20-9)14-12(17)8-16-6-4-3-5-10(16)13(18)19-2/h7,10H,3-6,8H2,1-2H3,(H,14,15,17)/t10-/m1/s1. The molecule has 2 rings (SSSR count). The van der Waals surface area contributed by atoms with Crippen molar-refractivity contribution in [2.24, 2.45) is 0 Å². The number of nitrogens with zero attached hydrogens (tertiary/aromatic N) is 2. The Morgan fingerprint density at radius 3 is 3.00 bits per heavy atom. The van der Waals surface area contributed by atoms with Crippen LogP contribution in [0.4, 0.5) is 5.82 Å². The zero-order chi connectivity index (χ0) is 14.5. The quantitative estimate of drug-likeness (QED) is 0.827. The number of likely N-dealkylation sites (tertiary alicyclic amines) is 1. The first kappa shape index (κ1) is 14.5. The van der Waals surface area contributed by atoms with Crippen LogP contribution in [-0.4, -0.2) is 48.2 Å². The van der Waals surface area contributed by atoms with Gasteiger partial charge in [-0.15, -0.1) is 0 Å². The highest BCUT2D eigenvalue weighted by molar-refractivity contribution is 5.91. The molecule has 0 aliphatic carbocycles. The molecule has 7 nitrogen and oxygen atoms in total. The number of amides is 1. The van der Waals surface area contributed by atoms with Gasteiger partial charge in [-0.1, -0.05) is 11.6 Å². The molecule has 1 amide bonds. The third-order valence-corrected chi connectivity index (χ3v) is 3.33. The maximum absolute atomic E-state index is 12.0. The van der Waals surface area contributed by atoms with Crippen LogP contribution in [0.1, 0.15) is 25.0 Å². The minimum atomic E-state index is -0.335. The number of piperidine rings is 1. The molecular weight excluding hydrogens is 262 g/mol. The molecule has 1 aromatic heterocycles. The van der Waals surface area contributed by atoms with Crippen molar-refractivity contribution in [2.45, 2.75) is 32.2 Å². The van der Waals surface area contributed by atoms with Gasteiger partial charge in [0.05, 0.1) is 13.7 Å². The van der Waals surface area contributed by atoms with E-state index in [2.05, 4.69) is 10.5 Å². The number of hydrogen-bond acceptors (Lipinski definition) is 6. The Kier molecular flexibility index (Phi) is 4.73. The average molecular weight is 281 g/mol. The van der Waals surface area contributed by atoms with Crippen molar-refractivity contribution in [1.29, 1.82) is 0 Å². The van der Waals surface area contributed by atoms with Gasteiger partial charge < -0.3 is 14.6 Å². The van der Waals surface area contributed by atoms with Gasteiger partial charge in [-0.25, -0.2) is 0 Å². The first-order valence-corrected chi connectivity index (χ1v) is 6.65. The Morgan fingerprint density at radius 2 is 2.35 bits per heavy atom. The summed E-state index contributed by atoms with van der Waals surface area (Å²) in [6.45, 7) is 2.61. The molecule has 0 bridgehead atoms. The molecule has 0 unspecified atom stereocenters. The van der Waals surface area contributed by atoms with Crippen LogP contribution >= 0.6 is 0 Å². The van der Waals surface area contributed by atoms with Gasteiger partial charge in [0.1, 0.15) is 11.8 Å². The molecule has 1 aliphatic heterocycles. The van der Waals surface area contributed by atoms with E-state index in [0.29, 0.717) is 18.1 Å². The molecule has 1 N–H and O–H groups in total. The summed E-state index contributed by atoms with van der Waals surface area (Å²) in [5, 5.41) is 6.35. The van der Waals surface area contributed by atoms with Crippen molar-refractivity contribution in [1.82, 2.24) is 10.1 Å². The van der Waals surface area contributed by atoms with Gasteiger partial charge in [0, 0.05) is 6.07 Å². The van der Waals surface area contributed by atoms with Crippen LogP contribution in [0.15, 0.2) is 10.6 Å². The summed E-state index contributed by atoms with van der Waals surface area (Å²) >= 11 is 0. The predicted molar refractivity (Wildman–Crippen MR) is 71.1 cm³/mol. The molecule has 1 atom stereocenters. The van der Waals surface area contributed by atoms with Gasteiger partial charge in [-0.2, -0.15) is 0 Å². The fourth-order valence-corrected chi connectivity index (χ4v) is 2.38. The lowest BCUT2D eigenvalue weighted by Crippen LogP contribution is -2.48. The largest absolute Gasteiger partial charge is 0.468 e. The molecule has 1 fully saturated rings. The van der Waals surface area contributed by atoms with E-state index < -0.39 is 0 Å². The van der Waals surface area contributed by atoms with Gasteiger partial charge in [0.2, 0.25) is 5.91 Å². The van der Waals surface area contributed by atoms with E-state index in [1.165, 1.54) is 7.11 Å². The molecule has 1 aliphatic rings. The summed E-state index contributed by atoms with van der Waals surface area (Å²) in [5.74, 6) is 0.522. The number of nitrogens with one attached hydrogen (secondary N) is 1. The summed E-state index contributed by atoms with van der Waals surface area (Å²) in [6, 6.07) is 1.31. The van der Waals surface area contributed by atoms with E-state index in [0.717, 1.165) is 19.3 Å². The fourth-order valence-electron chi connectivity index (χ4n) is 2.38. The molecule has 110 valence electrons. The topological polar surface area (TPSA) is 84.7 Å². The highest BCUT2D eigenvalue weighted by atomic mass is 16.5. The molecule has 0 spiro atoms. The molecule has 2 heterocycles. The van der Waals surface area contributed by atoms with Crippen LogP contribution in [0, 0.1) is 6.92 Å². The SMILES string of the molecule is COC(=O)[C@H]1CCCCN1CC(=O)Nc1cc(C)on1. The van der Waals surface area contributed by atoms with Crippen molar-refractivity contribution >= 4 is 17.7 Å². The Bertz CT molecular complexity index is 486. The van der Waals surface area contributed by atoms with E-state index >= 15 is 0 Å². The van der Waals surface area contributed by atoms with Crippen LogP contribution in [-0.2, 0) is 14.3 Å². The van der Waals surface area contributed by atoms with Gasteiger partial charge >= 0.3 is 5.97 Å². The molecule has 1 aromatic rings. The van der Waals surface area contributed by atoms with Crippen LogP contribution in [0.2, 0.25) is 0 Å². The van der Waals surface area contributed by atoms with Gasteiger partial charge in [-0.05, 0) is 26.3 Å². The van der Waals surface area contributed by atoms with Gasteiger partial charge in [-0.3, -0.25) is 14.5 Å².